The minimum absolute atomic E-state index is 0.379. The van der Waals surface area contributed by atoms with Gasteiger partial charge in [-0.2, -0.15) is 0 Å². The van der Waals surface area contributed by atoms with Gasteiger partial charge in [-0.15, -0.1) is 0 Å². The monoisotopic (exact) mass is 304 g/mol. The van der Waals surface area contributed by atoms with E-state index in [0.717, 1.165) is 0 Å². The van der Waals surface area contributed by atoms with E-state index in [1.165, 1.54) is 6.92 Å². The largest absolute Gasteiger partial charge is 0.480 e. The number of carboxylic acids is 1. The van der Waals surface area contributed by atoms with Crippen LogP contribution in [0.5, 0.6) is 0 Å². The Labute approximate surface area is 126 Å². The number of carbonyl (C=O) groups is 2. The highest BCUT2D eigenvalue weighted by molar-refractivity contribution is 5.85. The van der Waals surface area contributed by atoms with Crippen molar-refractivity contribution < 1.29 is 24.2 Å². The number of aliphatic carboxylic acids is 1. The molecule has 0 aromatic carbocycles. The first-order valence-electron chi connectivity index (χ1n) is 7.19. The smallest absolute Gasteiger partial charge is 0.329 e. The Hall–Kier alpha value is -1.34. The van der Waals surface area contributed by atoms with Crippen molar-refractivity contribution in [2.45, 2.75) is 38.6 Å². The maximum Gasteiger partial charge on any atom is 0.329 e. The molecular formula is C14H28N2O5. The van der Waals surface area contributed by atoms with E-state index in [1.54, 1.807) is 19.1 Å². The molecule has 2 amide bonds. The van der Waals surface area contributed by atoms with Gasteiger partial charge in [0.15, 0.2) is 0 Å². The minimum Gasteiger partial charge on any atom is -0.480 e. The van der Waals surface area contributed by atoms with E-state index in [-0.39, 0.29) is 6.03 Å². The van der Waals surface area contributed by atoms with Gasteiger partial charge in [0.1, 0.15) is 5.54 Å². The Morgan fingerprint density at radius 3 is 2.29 bits per heavy atom. The first-order valence-corrected chi connectivity index (χ1v) is 7.19. The molecule has 0 saturated heterocycles. The van der Waals surface area contributed by atoms with Crippen LogP contribution in [0.15, 0.2) is 0 Å². The number of nitrogens with zero attached hydrogens (tertiary/aromatic N) is 1. The van der Waals surface area contributed by atoms with Gasteiger partial charge in [0.2, 0.25) is 0 Å². The lowest BCUT2D eigenvalue weighted by molar-refractivity contribution is -0.144. The molecule has 0 aliphatic heterocycles. The van der Waals surface area contributed by atoms with Crippen molar-refractivity contribution in [3.05, 3.63) is 0 Å². The molecule has 124 valence electrons. The number of ether oxygens (including phenoxy) is 2. The number of carboxylic acid groups (broad SMARTS) is 1. The molecule has 7 heteroatoms. The first kappa shape index (κ1) is 19.7. The number of rotatable bonds is 11. The van der Waals surface area contributed by atoms with Crippen LogP contribution in [0.1, 0.15) is 33.1 Å². The van der Waals surface area contributed by atoms with Crippen LogP contribution >= 0.6 is 0 Å². The Bertz CT molecular complexity index is 324. The highest BCUT2D eigenvalue weighted by atomic mass is 16.5. The standard InChI is InChI=1S/C14H28N2O5/c1-5-7-14(2,12(17)18)15-13(19)16(9-11-21-4)8-6-10-20-3/h5-11H2,1-4H3,(H,15,19)(H,17,18). The second kappa shape index (κ2) is 10.4. The average molecular weight is 304 g/mol. The first-order chi connectivity index (χ1) is 9.91. The number of hydrogen-bond donors (Lipinski definition) is 2. The molecule has 0 aromatic rings. The zero-order valence-corrected chi connectivity index (χ0v) is 13.5. The van der Waals surface area contributed by atoms with Crippen LogP contribution in [0.25, 0.3) is 0 Å². The lowest BCUT2D eigenvalue weighted by Crippen LogP contribution is -2.56. The summed E-state index contributed by atoms with van der Waals surface area (Å²) in [4.78, 5) is 25.2. The molecule has 0 aliphatic rings. The van der Waals surface area contributed by atoms with Crippen LogP contribution in [0.4, 0.5) is 4.79 Å². The fourth-order valence-corrected chi connectivity index (χ4v) is 1.95. The van der Waals surface area contributed by atoms with E-state index in [4.69, 9.17) is 9.47 Å². The van der Waals surface area contributed by atoms with Crippen molar-refractivity contribution in [3.8, 4) is 0 Å². The number of hydrogen-bond acceptors (Lipinski definition) is 4. The Morgan fingerprint density at radius 2 is 1.81 bits per heavy atom. The zero-order valence-electron chi connectivity index (χ0n) is 13.5. The van der Waals surface area contributed by atoms with Crippen molar-refractivity contribution in [2.75, 3.05) is 40.5 Å². The van der Waals surface area contributed by atoms with Crippen LogP contribution in [0.2, 0.25) is 0 Å². The second-order valence-electron chi connectivity index (χ2n) is 5.14. The summed E-state index contributed by atoms with van der Waals surface area (Å²) in [6, 6.07) is -0.387. The molecule has 0 bridgehead atoms. The predicted molar refractivity (Wildman–Crippen MR) is 79.4 cm³/mol. The summed E-state index contributed by atoms with van der Waals surface area (Å²) in [5, 5.41) is 11.9. The fraction of sp³-hybridized carbons (Fsp3) is 0.857. The second-order valence-corrected chi connectivity index (χ2v) is 5.14. The molecule has 0 heterocycles. The van der Waals surface area contributed by atoms with E-state index >= 15 is 0 Å². The number of urea groups is 1. The van der Waals surface area contributed by atoms with Gasteiger partial charge in [-0.1, -0.05) is 13.3 Å². The molecule has 21 heavy (non-hydrogen) atoms. The van der Waals surface area contributed by atoms with Gasteiger partial charge in [-0.05, 0) is 19.8 Å². The Balaban J connectivity index is 4.71. The van der Waals surface area contributed by atoms with Gasteiger partial charge in [0.25, 0.3) is 0 Å². The molecule has 1 atom stereocenters. The maximum atomic E-state index is 12.3. The van der Waals surface area contributed by atoms with Crippen molar-refractivity contribution in [2.24, 2.45) is 0 Å². The number of methoxy groups -OCH3 is 2. The topological polar surface area (TPSA) is 88.1 Å². The van der Waals surface area contributed by atoms with Gasteiger partial charge in [-0.3, -0.25) is 0 Å². The van der Waals surface area contributed by atoms with E-state index < -0.39 is 11.5 Å². The van der Waals surface area contributed by atoms with Crippen molar-refractivity contribution in [1.82, 2.24) is 10.2 Å². The normalized spacial score (nSPS) is 13.5. The van der Waals surface area contributed by atoms with Gasteiger partial charge in [0, 0.05) is 33.9 Å². The van der Waals surface area contributed by atoms with Crippen LogP contribution in [-0.4, -0.2) is 68.1 Å². The van der Waals surface area contributed by atoms with Crippen LogP contribution in [0, 0.1) is 0 Å². The lowest BCUT2D eigenvalue weighted by atomic mass is 9.96. The molecule has 0 aliphatic carbocycles. The third-order valence-corrected chi connectivity index (χ3v) is 3.23. The van der Waals surface area contributed by atoms with E-state index in [9.17, 15) is 14.7 Å². The summed E-state index contributed by atoms with van der Waals surface area (Å²) in [6.45, 7) is 5.26. The third kappa shape index (κ3) is 7.29. The van der Waals surface area contributed by atoms with Crippen LogP contribution in [-0.2, 0) is 14.3 Å². The van der Waals surface area contributed by atoms with E-state index in [1.807, 2.05) is 6.92 Å². The quantitative estimate of drug-likeness (QED) is 0.562. The molecule has 1 unspecified atom stereocenters. The van der Waals surface area contributed by atoms with Gasteiger partial charge >= 0.3 is 12.0 Å². The molecule has 0 spiro atoms. The predicted octanol–water partition coefficient (Wildman–Crippen LogP) is 1.32. The Morgan fingerprint density at radius 1 is 1.19 bits per heavy atom. The highest BCUT2D eigenvalue weighted by Crippen LogP contribution is 2.13. The molecular weight excluding hydrogens is 276 g/mol. The molecule has 0 saturated carbocycles. The summed E-state index contributed by atoms with van der Waals surface area (Å²) in [6.07, 6.45) is 1.74. The molecule has 0 rings (SSSR count). The zero-order chi connectivity index (χ0) is 16.3. The highest BCUT2D eigenvalue weighted by Gasteiger charge is 2.35. The van der Waals surface area contributed by atoms with Crippen LogP contribution in [0.3, 0.4) is 0 Å². The summed E-state index contributed by atoms with van der Waals surface area (Å²) in [7, 11) is 3.16. The number of nitrogens with one attached hydrogen (secondary N) is 1. The van der Waals surface area contributed by atoms with Crippen LogP contribution < -0.4 is 5.32 Å². The van der Waals surface area contributed by atoms with Gasteiger partial charge in [0.05, 0.1) is 6.61 Å². The molecule has 0 fully saturated rings. The van der Waals surface area contributed by atoms with Crippen molar-refractivity contribution in [1.29, 1.82) is 0 Å². The number of carbonyl (C=O) groups excluding carboxylic acids is 1. The average Bonchev–Trinajstić information content (AvgIpc) is 2.42. The molecule has 2 N–H and O–H groups in total. The third-order valence-electron chi connectivity index (χ3n) is 3.23. The summed E-state index contributed by atoms with van der Waals surface area (Å²) in [5.74, 6) is -1.03. The lowest BCUT2D eigenvalue weighted by Gasteiger charge is -2.30. The van der Waals surface area contributed by atoms with E-state index in [2.05, 4.69) is 5.32 Å². The van der Waals surface area contributed by atoms with Crippen molar-refractivity contribution >= 4 is 12.0 Å². The minimum atomic E-state index is -1.25. The molecule has 0 radical (unpaired) electrons. The summed E-state index contributed by atoms with van der Waals surface area (Å²) >= 11 is 0. The molecule has 7 nitrogen and oxygen atoms in total. The Kier molecular flexibility index (Phi) is 9.73. The van der Waals surface area contributed by atoms with Gasteiger partial charge in [-0.25, -0.2) is 9.59 Å². The SMILES string of the molecule is CCCC(C)(NC(=O)N(CCCOC)CCOC)C(=O)O. The summed E-state index contributed by atoms with van der Waals surface area (Å²) < 4.78 is 9.96. The summed E-state index contributed by atoms with van der Waals surface area (Å²) in [5.41, 5.74) is -1.25. The fourth-order valence-electron chi connectivity index (χ4n) is 1.95. The molecule has 0 aromatic heterocycles. The van der Waals surface area contributed by atoms with Crippen molar-refractivity contribution in [3.63, 3.8) is 0 Å². The van der Waals surface area contributed by atoms with E-state index in [0.29, 0.717) is 45.6 Å². The maximum absolute atomic E-state index is 12.3. The van der Waals surface area contributed by atoms with Gasteiger partial charge < -0.3 is 24.8 Å². The number of amides is 2.